The van der Waals surface area contributed by atoms with E-state index in [1.54, 1.807) is 0 Å². The number of rotatable bonds is 5. The van der Waals surface area contributed by atoms with Crippen LogP contribution in [0.3, 0.4) is 0 Å². The first-order chi connectivity index (χ1) is 11.5. The van der Waals surface area contributed by atoms with Crippen LogP contribution in [0.2, 0.25) is 5.02 Å². The number of anilines is 1. The number of piperazine rings is 1. The monoisotopic (exact) mass is 487 g/mol. The third-order valence-electron chi connectivity index (χ3n) is 3.63. The molecule has 0 atom stereocenters. The zero-order chi connectivity index (χ0) is 17.5. The number of nitrogens with zero attached hydrogens (tertiary/aromatic N) is 3. The van der Waals surface area contributed by atoms with Crippen LogP contribution in [0.4, 0.5) is 14.5 Å². The Morgan fingerprint density at radius 3 is 2.40 bits per heavy atom. The van der Waals surface area contributed by atoms with E-state index in [2.05, 4.69) is 15.2 Å². The topological polar surface area (TPSA) is 74.0 Å². The number of carbonyl (C=O) groups is 1. The quantitative estimate of drug-likeness (QED) is 0.377. The highest BCUT2D eigenvalue weighted by Crippen LogP contribution is 2.19. The number of benzene rings is 1. The van der Waals surface area contributed by atoms with Crippen LogP contribution in [0, 0.1) is 0 Å². The van der Waals surface area contributed by atoms with Crippen LogP contribution in [0.1, 0.15) is 0 Å². The van der Waals surface area contributed by atoms with E-state index in [1.807, 2.05) is 29.2 Å². The highest BCUT2D eigenvalue weighted by molar-refractivity contribution is 14.0. The molecular weight excluding hydrogens is 467 g/mol. The Balaban J connectivity index is 0.00000312. The first-order valence-corrected chi connectivity index (χ1v) is 7.93. The fraction of sp³-hybridized carbons (Fsp3) is 0.467. The maximum Gasteiger partial charge on any atom is 0.255 e. The first kappa shape index (κ1) is 21.7. The van der Waals surface area contributed by atoms with Crippen LogP contribution in [-0.4, -0.2) is 62.5 Å². The number of carbonyl (C=O) groups excluding carboxylic acids is 1. The van der Waals surface area contributed by atoms with Gasteiger partial charge >= 0.3 is 0 Å². The number of hydrogen-bond donors (Lipinski definition) is 2. The SMILES string of the molecule is I.NC(=NCC(=O)NCC(F)F)N1CCN(c2ccc(Cl)cc2)CC1. The summed E-state index contributed by atoms with van der Waals surface area (Å²) in [6.07, 6.45) is -2.57. The number of nitrogens with two attached hydrogens (primary N) is 1. The molecular formula is C15H21ClF2IN5O. The molecule has 0 aromatic heterocycles. The minimum atomic E-state index is -2.57. The molecule has 0 saturated carbocycles. The van der Waals surface area contributed by atoms with Crippen LogP contribution >= 0.6 is 35.6 Å². The van der Waals surface area contributed by atoms with E-state index in [4.69, 9.17) is 17.3 Å². The lowest BCUT2D eigenvalue weighted by molar-refractivity contribution is -0.120. The molecule has 0 unspecified atom stereocenters. The van der Waals surface area contributed by atoms with Gasteiger partial charge in [-0.1, -0.05) is 11.6 Å². The van der Waals surface area contributed by atoms with E-state index in [0.29, 0.717) is 18.1 Å². The van der Waals surface area contributed by atoms with Gasteiger partial charge in [0.05, 0.1) is 6.54 Å². The Kier molecular flexibility index (Phi) is 9.19. The van der Waals surface area contributed by atoms with Gasteiger partial charge in [0.15, 0.2) is 5.96 Å². The number of aliphatic imine (C=N–C) groups is 1. The number of halogens is 4. The lowest BCUT2D eigenvalue weighted by Gasteiger charge is -2.36. The molecule has 1 saturated heterocycles. The molecule has 0 spiro atoms. The summed E-state index contributed by atoms with van der Waals surface area (Å²) in [4.78, 5) is 19.4. The predicted octanol–water partition coefficient (Wildman–Crippen LogP) is 1.78. The van der Waals surface area contributed by atoms with Crippen molar-refractivity contribution in [1.82, 2.24) is 10.2 Å². The summed E-state index contributed by atoms with van der Waals surface area (Å²) < 4.78 is 24.0. The molecule has 1 aliphatic heterocycles. The molecule has 1 fully saturated rings. The number of guanidine groups is 1. The molecule has 140 valence electrons. The van der Waals surface area contributed by atoms with Crippen molar-refractivity contribution >= 4 is 53.1 Å². The number of alkyl halides is 2. The van der Waals surface area contributed by atoms with Crippen LogP contribution in [0.15, 0.2) is 29.3 Å². The highest BCUT2D eigenvalue weighted by atomic mass is 127. The Bertz CT molecular complexity index is 580. The van der Waals surface area contributed by atoms with Crippen molar-refractivity contribution in [3.05, 3.63) is 29.3 Å². The molecule has 0 aliphatic carbocycles. The summed E-state index contributed by atoms with van der Waals surface area (Å²) in [6, 6.07) is 7.61. The van der Waals surface area contributed by atoms with Gasteiger partial charge in [-0.05, 0) is 24.3 Å². The maximum atomic E-state index is 12.0. The van der Waals surface area contributed by atoms with Gasteiger partial charge in [0.2, 0.25) is 5.91 Å². The van der Waals surface area contributed by atoms with E-state index in [9.17, 15) is 13.6 Å². The molecule has 1 aromatic rings. The second kappa shape index (κ2) is 10.6. The normalized spacial score (nSPS) is 15.1. The van der Waals surface area contributed by atoms with Crippen molar-refractivity contribution in [2.45, 2.75) is 6.43 Å². The lowest BCUT2D eigenvalue weighted by Crippen LogP contribution is -2.51. The Hall–Kier alpha value is -1.36. The van der Waals surface area contributed by atoms with Gasteiger partial charge in [-0.2, -0.15) is 0 Å². The molecule has 25 heavy (non-hydrogen) atoms. The van der Waals surface area contributed by atoms with E-state index < -0.39 is 18.9 Å². The maximum absolute atomic E-state index is 12.0. The second-order valence-corrected chi connectivity index (χ2v) is 5.76. The van der Waals surface area contributed by atoms with Crippen molar-refractivity contribution in [2.24, 2.45) is 10.7 Å². The molecule has 3 N–H and O–H groups in total. The third-order valence-corrected chi connectivity index (χ3v) is 3.89. The average Bonchev–Trinajstić information content (AvgIpc) is 2.58. The predicted molar refractivity (Wildman–Crippen MR) is 106 cm³/mol. The van der Waals surface area contributed by atoms with Gasteiger partial charge in [-0.15, -0.1) is 24.0 Å². The Morgan fingerprint density at radius 2 is 1.84 bits per heavy atom. The van der Waals surface area contributed by atoms with Crippen molar-refractivity contribution in [3.63, 3.8) is 0 Å². The van der Waals surface area contributed by atoms with Gasteiger partial charge in [0, 0.05) is 36.9 Å². The number of amides is 1. The van der Waals surface area contributed by atoms with Crippen molar-refractivity contribution in [3.8, 4) is 0 Å². The Morgan fingerprint density at radius 1 is 1.24 bits per heavy atom. The molecule has 0 bridgehead atoms. The minimum Gasteiger partial charge on any atom is -0.370 e. The van der Waals surface area contributed by atoms with Crippen LogP contribution in [0.25, 0.3) is 0 Å². The van der Waals surface area contributed by atoms with E-state index in [-0.39, 0.29) is 36.5 Å². The van der Waals surface area contributed by atoms with Crippen LogP contribution in [-0.2, 0) is 4.79 Å². The van der Waals surface area contributed by atoms with E-state index in [0.717, 1.165) is 18.8 Å². The highest BCUT2D eigenvalue weighted by Gasteiger charge is 2.18. The fourth-order valence-electron chi connectivity index (χ4n) is 2.35. The molecule has 1 aromatic carbocycles. The average molecular weight is 488 g/mol. The van der Waals surface area contributed by atoms with E-state index in [1.165, 1.54) is 0 Å². The lowest BCUT2D eigenvalue weighted by atomic mass is 10.2. The third kappa shape index (κ3) is 7.18. The van der Waals surface area contributed by atoms with Gasteiger partial charge in [0.1, 0.15) is 6.54 Å². The summed E-state index contributed by atoms with van der Waals surface area (Å²) in [5.41, 5.74) is 6.95. The zero-order valence-corrected chi connectivity index (χ0v) is 16.6. The molecule has 6 nitrogen and oxygen atoms in total. The van der Waals surface area contributed by atoms with Crippen molar-refractivity contribution in [1.29, 1.82) is 0 Å². The van der Waals surface area contributed by atoms with Crippen molar-refractivity contribution in [2.75, 3.05) is 44.2 Å². The summed E-state index contributed by atoms with van der Waals surface area (Å²) in [7, 11) is 0. The summed E-state index contributed by atoms with van der Waals surface area (Å²) in [6.45, 7) is 1.92. The Labute approximate surface area is 167 Å². The van der Waals surface area contributed by atoms with E-state index >= 15 is 0 Å². The molecule has 1 heterocycles. The van der Waals surface area contributed by atoms with Gasteiger partial charge < -0.3 is 20.9 Å². The summed E-state index contributed by atoms with van der Waals surface area (Å²) >= 11 is 5.88. The summed E-state index contributed by atoms with van der Waals surface area (Å²) in [5.74, 6) is -0.323. The van der Waals surface area contributed by atoms with Gasteiger partial charge in [-0.25, -0.2) is 13.8 Å². The number of hydrogen-bond acceptors (Lipinski definition) is 3. The number of nitrogens with one attached hydrogen (secondary N) is 1. The fourth-order valence-corrected chi connectivity index (χ4v) is 2.47. The molecule has 0 radical (unpaired) electrons. The summed E-state index contributed by atoms with van der Waals surface area (Å²) in [5, 5.41) is 2.78. The van der Waals surface area contributed by atoms with Crippen molar-refractivity contribution < 1.29 is 13.6 Å². The molecule has 2 rings (SSSR count). The molecule has 1 aliphatic rings. The molecule has 1 amide bonds. The van der Waals surface area contributed by atoms with Gasteiger partial charge in [0.25, 0.3) is 6.43 Å². The zero-order valence-electron chi connectivity index (χ0n) is 13.5. The smallest absolute Gasteiger partial charge is 0.255 e. The standard InChI is InChI=1S/C15H20ClF2N5O.HI/c16-11-1-3-12(4-2-11)22-5-7-23(8-6-22)15(19)21-10-14(24)20-9-13(17)18;/h1-4,13H,5-10H2,(H2,19,21)(H,20,24);1H. The second-order valence-electron chi connectivity index (χ2n) is 5.32. The van der Waals surface area contributed by atoms with Crippen LogP contribution < -0.4 is 16.0 Å². The molecule has 10 heteroatoms. The first-order valence-electron chi connectivity index (χ1n) is 7.56. The van der Waals surface area contributed by atoms with Gasteiger partial charge in [-0.3, -0.25) is 4.79 Å². The minimum absolute atomic E-state index is 0. The largest absolute Gasteiger partial charge is 0.370 e. The van der Waals surface area contributed by atoms with Crippen LogP contribution in [0.5, 0.6) is 0 Å².